The van der Waals surface area contributed by atoms with Crippen molar-refractivity contribution in [1.82, 2.24) is 10.2 Å². The number of carbonyl (C=O) groups excluding carboxylic acids is 2. The van der Waals surface area contributed by atoms with Crippen LogP contribution in [-0.4, -0.2) is 50.9 Å². The highest BCUT2D eigenvalue weighted by Crippen LogP contribution is 2.27. The number of halogens is 2. The van der Waals surface area contributed by atoms with Crippen molar-refractivity contribution < 1.29 is 22.7 Å². The van der Waals surface area contributed by atoms with Crippen molar-refractivity contribution in [3.05, 3.63) is 87.3 Å². The minimum Gasteiger partial charge on any atom is -0.494 e. The zero-order valence-corrected chi connectivity index (χ0v) is 27.5. The lowest BCUT2D eigenvalue weighted by molar-refractivity contribution is -0.139. The number of hydrogen-bond acceptors (Lipinski definition) is 5. The van der Waals surface area contributed by atoms with Gasteiger partial charge in [-0.05, 0) is 86.0 Å². The normalized spacial score (nSPS) is 12.1. The van der Waals surface area contributed by atoms with Gasteiger partial charge in [-0.1, -0.05) is 57.8 Å². The van der Waals surface area contributed by atoms with Crippen LogP contribution in [0.1, 0.15) is 33.3 Å². The number of nitrogens with zero attached hydrogens (tertiary/aromatic N) is 2. The van der Waals surface area contributed by atoms with Gasteiger partial charge in [0, 0.05) is 22.0 Å². The number of rotatable bonds is 13. The molecule has 3 aromatic carbocycles. The SMILES string of the molecule is CCOc1ccc(N(CC(=O)N(Cc2ccc(Br)cc2)[C@@H](C)C(=O)NCC(C)C)S(=O)(=O)c2ccc(Br)cc2)cc1. The van der Waals surface area contributed by atoms with E-state index in [4.69, 9.17) is 4.74 Å². The first-order chi connectivity index (χ1) is 19.4. The minimum atomic E-state index is -4.15. The van der Waals surface area contributed by atoms with Gasteiger partial charge in [-0.3, -0.25) is 13.9 Å². The Bertz CT molecular complexity index is 1410. The second kappa shape index (κ2) is 14.8. The fourth-order valence-electron chi connectivity index (χ4n) is 3.96. The summed E-state index contributed by atoms with van der Waals surface area (Å²) in [5, 5.41) is 2.89. The molecule has 3 rings (SSSR count). The van der Waals surface area contributed by atoms with Crippen LogP contribution in [0.5, 0.6) is 5.75 Å². The van der Waals surface area contributed by atoms with Crippen LogP contribution >= 0.6 is 31.9 Å². The van der Waals surface area contributed by atoms with Gasteiger partial charge in [0.05, 0.1) is 17.2 Å². The van der Waals surface area contributed by atoms with Crippen molar-refractivity contribution in [2.24, 2.45) is 5.92 Å². The molecule has 0 bridgehead atoms. The molecular formula is C30H35Br2N3O5S. The highest BCUT2D eigenvalue weighted by atomic mass is 79.9. The van der Waals surface area contributed by atoms with Gasteiger partial charge in [0.1, 0.15) is 18.3 Å². The quantitative estimate of drug-likeness (QED) is 0.235. The Kier molecular flexibility index (Phi) is 11.8. The van der Waals surface area contributed by atoms with Crippen LogP contribution in [-0.2, 0) is 26.2 Å². The van der Waals surface area contributed by atoms with Gasteiger partial charge in [-0.2, -0.15) is 0 Å². The molecular weight excluding hydrogens is 674 g/mol. The molecule has 0 saturated carbocycles. The van der Waals surface area contributed by atoms with E-state index in [1.54, 1.807) is 43.3 Å². The lowest BCUT2D eigenvalue weighted by Crippen LogP contribution is -2.51. The van der Waals surface area contributed by atoms with Crippen LogP contribution in [0.3, 0.4) is 0 Å². The number of sulfonamides is 1. The zero-order valence-electron chi connectivity index (χ0n) is 23.5. The standard InChI is InChI=1S/C30H35Br2N3O5S/c1-5-40-27-14-12-26(13-15-27)35(41(38,39)28-16-10-25(32)11-17-28)20-29(36)34(19-23-6-8-24(31)9-7-23)22(4)30(37)33-18-21(2)3/h6-17,21-22H,5,18-20H2,1-4H3,(H,33,37)/t22-/m0/s1. The fourth-order valence-corrected chi connectivity index (χ4v) is 5.90. The molecule has 0 spiro atoms. The number of amides is 2. The number of benzene rings is 3. The van der Waals surface area contributed by atoms with E-state index in [1.807, 2.05) is 45.0 Å². The molecule has 0 aromatic heterocycles. The first-order valence-electron chi connectivity index (χ1n) is 13.2. The Hall–Kier alpha value is -2.89. The third-order valence-electron chi connectivity index (χ3n) is 6.23. The molecule has 0 aliphatic heterocycles. The molecule has 2 amide bonds. The smallest absolute Gasteiger partial charge is 0.264 e. The van der Waals surface area contributed by atoms with Gasteiger partial charge in [0.2, 0.25) is 11.8 Å². The molecule has 0 fully saturated rings. The summed E-state index contributed by atoms with van der Waals surface area (Å²) in [6, 6.07) is 19.3. The molecule has 3 aromatic rings. The molecule has 41 heavy (non-hydrogen) atoms. The van der Waals surface area contributed by atoms with Crippen LogP contribution in [0, 0.1) is 5.92 Å². The molecule has 0 aliphatic carbocycles. The molecule has 0 radical (unpaired) electrons. The van der Waals surface area contributed by atoms with Crippen LogP contribution in [0.25, 0.3) is 0 Å². The lowest BCUT2D eigenvalue weighted by Gasteiger charge is -2.32. The maximum Gasteiger partial charge on any atom is 0.264 e. The van der Waals surface area contributed by atoms with Gasteiger partial charge in [0.25, 0.3) is 10.0 Å². The molecule has 1 atom stereocenters. The van der Waals surface area contributed by atoms with Crippen LogP contribution in [0.2, 0.25) is 0 Å². The van der Waals surface area contributed by atoms with Gasteiger partial charge in [-0.15, -0.1) is 0 Å². The van der Waals surface area contributed by atoms with Crippen molar-refractivity contribution in [3.8, 4) is 5.75 Å². The van der Waals surface area contributed by atoms with Crippen LogP contribution in [0.4, 0.5) is 5.69 Å². The summed E-state index contributed by atoms with van der Waals surface area (Å²) >= 11 is 6.76. The maximum absolute atomic E-state index is 14.0. The summed E-state index contributed by atoms with van der Waals surface area (Å²) in [6.07, 6.45) is 0. The van der Waals surface area contributed by atoms with Crippen LogP contribution in [0.15, 0.2) is 86.6 Å². The highest BCUT2D eigenvalue weighted by molar-refractivity contribution is 9.10. The average molecular weight is 710 g/mol. The van der Waals surface area contributed by atoms with Crippen molar-refractivity contribution in [3.63, 3.8) is 0 Å². The summed E-state index contributed by atoms with van der Waals surface area (Å²) in [6.45, 7) is 8.00. The average Bonchev–Trinajstić information content (AvgIpc) is 2.94. The molecule has 8 nitrogen and oxygen atoms in total. The van der Waals surface area contributed by atoms with Gasteiger partial charge in [0.15, 0.2) is 0 Å². The number of nitrogens with one attached hydrogen (secondary N) is 1. The van der Waals surface area contributed by atoms with E-state index in [9.17, 15) is 18.0 Å². The molecule has 1 N–H and O–H groups in total. The summed E-state index contributed by atoms with van der Waals surface area (Å²) in [5.74, 6) is -0.0221. The summed E-state index contributed by atoms with van der Waals surface area (Å²) in [5.41, 5.74) is 1.10. The van der Waals surface area contributed by atoms with Crippen molar-refractivity contribution in [1.29, 1.82) is 0 Å². The van der Waals surface area contributed by atoms with Crippen molar-refractivity contribution in [2.75, 3.05) is 24.0 Å². The molecule has 11 heteroatoms. The third kappa shape index (κ3) is 9.05. The van der Waals surface area contributed by atoms with E-state index < -0.39 is 28.5 Å². The largest absolute Gasteiger partial charge is 0.494 e. The Balaban J connectivity index is 2.01. The number of anilines is 1. The van der Waals surface area contributed by atoms with Gasteiger partial charge in [-0.25, -0.2) is 8.42 Å². The predicted molar refractivity (Wildman–Crippen MR) is 168 cm³/mol. The predicted octanol–water partition coefficient (Wildman–Crippen LogP) is 6.00. The zero-order chi connectivity index (χ0) is 30.2. The van der Waals surface area contributed by atoms with E-state index >= 15 is 0 Å². The van der Waals surface area contributed by atoms with Gasteiger partial charge >= 0.3 is 0 Å². The Labute approximate surface area is 259 Å². The molecule has 0 aliphatic rings. The molecule has 220 valence electrons. The topological polar surface area (TPSA) is 96.0 Å². The Morgan fingerprint density at radius 2 is 1.44 bits per heavy atom. The van der Waals surface area contributed by atoms with E-state index in [0.717, 1.165) is 18.8 Å². The number of hydrogen-bond donors (Lipinski definition) is 1. The van der Waals surface area contributed by atoms with E-state index in [1.165, 1.54) is 17.0 Å². The van der Waals surface area contributed by atoms with E-state index in [0.29, 0.717) is 24.6 Å². The second-order valence-corrected chi connectivity index (χ2v) is 13.5. The van der Waals surface area contributed by atoms with Crippen molar-refractivity contribution >= 4 is 59.4 Å². The summed E-state index contributed by atoms with van der Waals surface area (Å²) in [7, 11) is -4.15. The monoisotopic (exact) mass is 707 g/mol. The molecule has 0 unspecified atom stereocenters. The Morgan fingerprint density at radius 3 is 1.98 bits per heavy atom. The lowest BCUT2D eigenvalue weighted by atomic mass is 10.1. The van der Waals surface area contributed by atoms with Gasteiger partial charge < -0.3 is 15.0 Å². The number of carbonyl (C=O) groups is 2. The highest BCUT2D eigenvalue weighted by Gasteiger charge is 2.32. The second-order valence-electron chi connectivity index (χ2n) is 9.86. The van der Waals surface area contributed by atoms with E-state index in [2.05, 4.69) is 37.2 Å². The first-order valence-corrected chi connectivity index (χ1v) is 16.3. The van der Waals surface area contributed by atoms with Crippen LogP contribution < -0.4 is 14.4 Å². The van der Waals surface area contributed by atoms with Crippen molar-refractivity contribution in [2.45, 2.75) is 45.2 Å². The first kappa shape index (κ1) is 32.6. The maximum atomic E-state index is 14.0. The summed E-state index contributed by atoms with van der Waals surface area (Å²) in [4.78, 5) is 28.5. The number of ether oxygens (including phenoxy) is 1. The molecule has 0 heterocycles. The van der Waals surface area contributed by atoms with E-state index in [-0.39, 0.29) is 23.3 Å². The Morgan fingerprint density at radius 1 is 0.878 bits per heavy atom. The third-order valence-corrected chi connectivity index (χ3v) is 9.08. The minimum absolute atomic E-state index is 0.0320. The molecule has 0 saturated heterocycles. The fraction of sp³-hybridized carbons (Fsp3) is 0.333. The summed E-state index contributed by atoms with van der Waals surface area (Å²) < 4.78 is 36.0.